The van der Waals surface area contributed by atoms with E-state index in [4.69, 9.17) is 15.2 Å². The van der Waals surface area contributed by atoms with Crippen LogP contribution in [0.5, 0.6) is 5.75 Å². The third-order valence-electron chi connectivity index (χ3n) is 3.35. The molecule has 1 aliphatic rings. The number of nitrogens with two attached hydrogens (primary N) is 1. The van der Waals surface area contributed by atoms with Gasteiger partial charge in [0.2, 0.25) is 0 Å². The number of ether oxygens (including phenoxy) is 2. The van der Waals surface area contributed by atoms with E-state index >= 15 is 0 Å². The van der Waals surface area contributed by atoms with Gasteiger partial charge in [-0.25, -0.2) is 0 Å². The first-order chi connectivity index (χ1) is 10.1. The fraction of sp³-hybridized carbons (Fsp3) is 0.529. The number of nitrogens with zero attached hydrogens (tertiary/aromatic N) is 1. The molecule has 0 amide bonds. The van der Waals surface area contributed by atoms with E-state index in [1.807, 2.05) is 24.3 Å². The van der Waals surface area contributed by atoms with E-state index in [9.17, 15) is 0 Å². The molecule has 2 rings (SSSR count). The van der Waals surface area contributed by atoms with Crippen LogP contribution in [-0.2, 0) is 4.74 Å². The molecule has 1 heterocycles. The Kier molecular flexibility index (Phi) is 5.63. The van der Waals surface area contributed by atoms with Crippen molar-refractivity contribution in [1.29, 1.82) is 0 Å². The normalized spacial score (nSPS) is 17.9. The van der Waals surface area contributed by atoms with Crippen LogP contribution in [0.4, 0.5) is 0 Å². The predicted octanol–water partition coefficient (Wildman–Crippen LogP) is 1.49. The van der Waals surface area contributed by atoms with Gasteiger partial charge in [-0.2, -0.15) is 0 Å². The van der Waals surface area contributed by atoms with Crippen molar-refractivity contribution in [3.05, 3.63) is 29.8 Å². The van der Waals surface area contributed by atoms with Gasteiger partial charge < -0.3 is 15.2 Å². The van der Waals surface area contributed by atoms with E-state index in [1.54, 1.807) is 0 Å². The van der Waals surface area contributed by atoms with Crippen LogP contribution in [0.25, 0.3) is 0 Å². The maximum absolute atomic E-state index is 5.82. The van der Waals surface area contributed by atoms with E-state index in [-0.39, 0.29) is 5.60 Å². The second kappa shape index (κ2) is 7.46. The Morgan fingerprint density at radius 1 is 1.43 bits per heavy atom. The van der Waals surface area contributed by atoms with Crippen molar-refractivity contribution in [3.8, 4) is 17.6 Å². The van der Waals surface area contributed by atoms with Crippen molar-refractivity contribution in [2.45, 2.75) is 19.4 Å². The van der Waals surface area contributed by atoms with Crippen LogP contribution in [0.1, 0.15) is 19.4 Å². The molecule has 2 N–H and O–H groups in total. The number of hydrogen-bond acceptors (Lipinski definition) is 4. The highest BCUT2D eigenvalue weighted by atomic mass is 16.5. The summed E-state index contributed by atoms with van der Waals surface area (Å²) in [4.78, 5) is 2.38. The number of benzene rings is 1. The standard InChI is InChI=1S/C17H24N2O2/c1-17(2)14-19(10-12-21-17)9-11-20-16-7-3-5-15(13-16)6-4-8-18/h3,5,7,13H,8-12,14,18H2,1-2H3. The molecule has 0 saturated carbocycles. The molecule has 1 aromatic rings. The Bertz CT molecular complexity index is 517. The van der Waals surface area contributed by atoms with Gasteiger partial charge in [-0.15, -0.1) is 0 Å². The zero-order chi connectivity index (χ0) is 15.1. The lowest BCUT2D eigenvalue weighted by Gasteiger charge is -2.38. The van der Waals surface area contributed by atoms with Crippen molar-refractivity contribution < 1.29 is 9.47 Å². The monoisotopic (exact) mass is 288 g/mol. The molecule has 1 aliphatic heterocycles. The summed E-state index contributed by atoms with van der Waals surface area (Å²) < 4.78 is 11.5. The summed E-state index contributed by atoms with van der Waals surface area (Å²) in [5, 5.41) is 0. The zero-order valence-corrected chi connectivity index (χ0v) is 12.9. The fourth-order valence-electron chi connectivity index (χ4n) is 2.41. The second-order valence-electron chi connectivity index (χ2n) is 5.77. The maximum Gasteiger partial charge on any atom is 0.120 e. The molecule has 0 bridgehead atoms. The van der Waals surface area contributed by atoms with Crippen LogP contribution in [0, 0.1) is 11.8 Å². The summed E-state index contributed by atoms with van der Waals surface area (Å²) >= 11 is 0. The van der Waals surface area contributed by atoms with Gasteiger partial charge in [0, 0.05) is 25.2 Å². The van der Waals surface area contributed by atoms with Gasteiger partial charge in [-0.1, -0.05) is 17.9 Å². The largest absolute Gasteiger partial charge is 0.492 e. The SMILES string of the molecule is CC1(C)CN(CCOc2cccc(C#CCN)c2)CCO1. The van der Waals surface area contributed by atoms with Crippen LogP contribution in [0.15, 0.2) is 24.3 Å². The Hall–Kier alpha value is -1.54. The van der Waals surface area contributed by atoms with Crippen LogP contribution in [0.2, 0.25) is 0 Å². The van der Waals surface area contributed by atoms with Gasteiger partial charge in [-0.3, -0.25) is 4.90 Å². The molecule has 0 spiro atoms. The molecule has 0 radical (unpaired) electrons. The zero-order valence-electron chi connectivity index (χ0n) is 12.9. The molecule has 0 atom stereocenters. The smallest absolute Gasteiger partial charge is 0.120 e. The van der Waals surface area contributed by atoms with Crippen LogP contribution < -0.4 is 10.5 Å². The van der Waals surface area contributed by atoms with Crippen molar-refractivity contribution in [2.24, 2.45) is 5.73 Å². The molecule has 21 heavy (non-hydrogen) atoms. The van der Waals surface area contributed by atoms with E-state index < -0.39 is 0 Å². The van der Waals surface area contributed by atoms with Crippen LogP contribution >= 0.6 is 0 Å². The summed E-state index contributed by atoms with van der Waals surface area (Å²) in [6, 6.07) is 7.82. The van der Waals surface area contributed by atoms with Crippen LogP contribution in [-0.4, -0.2) is 49.9 Å². The van der Waals surface area contributed by atoms with Crippen molar-refractivity contribution in [2.75, 3.05) is 39.4 Å². The minimum Gasteiger partial charge on any atom is -0.492 e. The molecule has 1 fully saturated rings. The molecule has 0 unspecified atom stereocenters. The lowest BCUT2D eigenvalue weighted by Crippen LogP contribution is -2.49. The average Bonchev–Trinajstić information content (AvgIpc) is 2.45. The van der Waals surface area contributed by atoms with E-state index in [1.165, 1.54) is 0 Å². The highest BCUT2D eigenvalue weighted by Crippen LogP contribution is 2.16. The Morgan fingerprint density at radius 2 is 2.29 bits per heavy atom. The Balaban J connectivity index is 1.80. The first kappa shape index (κ1) is 15.8. The van der Waals surface area contributed by atoms with Crippen molar-refractivity contribution in [3.63, 3.8) is 0 Å². The third-order valence-corrected chi connectivity index (χ3v) is 3.35. The van der Waals surface area contributed by atoms with Gasteiger partial charge in [0.05, 0.1) is 18.8 Å². The van der Waals surface area contributed by atoms with Crippen LogP contribution in [0.3, 0.4) is 0 Å². The first-order valence-corrected chi connectivity index (χ1v) is 7.37. The fourth-order valence-corrected chi connectivity index (χ4v) is 2.41. The van der Waals surface area contributed by atoms with Gasteiger partial charge in [0.25, 0.3) is 0 Å². The molecule has 1 saturated heterocycles. The molecule has 4 nitrogen and oxygen atoms in total. The average molecular weight is 288 g/mol. The minimum absolute atomic E-state index is 0.0595. The quantitative estimate of drug-likeness (QED) is 0.853. The summed E-state index contributed by atoms with van der Waals surface area (Å²) in [6.07, 6.45) is 0. The highest BCUT2D eigenvalue weighted by molar-refractivity contribution is 5.39. The van der Waals surface area contributed by atoms with Gasteiger partial charge in [0.15, 0.2) is 0 Å². The van der Waals surface area contributed by atoms with Gasteiger partial charge in [0.1, 0.15) is 12.4 Å². The van der Waals surface area contributed by atoms with Gasteiger partial charge in [-0.05, 0) is 32.0 Å². The van der Waals surface area contributed by atoms with E-state index in [2.05, 4.69) is 30.6 Å². The topological polar surface area (TPSA) is 47.7 Å². The second-order valence-corrected chi connectivity index (χ2v) is 5.77. The van der Waals surface area contributed by atoms with Crippen molar-refractivity contribution in [1.82, 2.24) is 4.90 Å². The summed E-state index contributed by atoms with van der Waals surface area (Å²) in [6.45, 7) is 8.90. The predicted molar refractivity (Wildman–Crippen MR) is 84.3 cm³/mol. The Morgan fingerprint density at radius 3 is 3.05 bits per heavy atom. The first-order valence-electron chi connectivity index (χ1n) is 7.37. The molecule has 0 aromatic heterocycles. The van der Waals surface area contributed by atoms with Crippen molar-refractivity contribution >= 4 is 0 Å². The highest BCUT2D eigenvalue weighted by Gasteiger charge is 2.26. The molecule has 0 aliphatic carbocycles. The molecule has 4 heteroatoms. The van der Waals surface area contributed by atoms with E-state index in [0.29, 0.717) is 13.2 Å². The number of rotatable bonds is 4. The molecular weight excluding hydrogens is 264 g/mol. The molecule has 1 aromatic carbocycles. The third kappa shape index (κ3) is 5.39. The number of hydrogen-bond donors (Lipinski definition) is 1. The lowest BCUT2D eigenvalue weighted by molar-refractivity contribution is -0.0875. The Labute approximate surface area is 127 Å². The molecule has 114 valence electrons. The summed E-state index contributed by atoms with van der Waals surface area (Å²) in [7, 11) is 0. The lowest BCUT2D eigenvalue weighted by atomic mass is 10.1. The summed E-state index contributed by atoms with van der Waals surface area (Å²) in [5.74, 6) is 6.72. The minimum atomic E-state index is -0.0595. The molecular formula is C17H24N2O2. The summed E-state index contributed by atoms with van der Waals surface area (Å²) in [5.41, 5.74) is 6.25. The number of morpholine rings is 1. The van der Waals surface area contributed by atoms with E-state index in [0.717, 1.165) is 37.6 Å². The maximum atomic E-state index is 5.82. The van der Waals surface area contributed by atoms with Gasteiger partial charge >= 0.3 is 0 Å².